The van der Waals surface area contributed by atoms with Gasteiger partial charge < -0.3 is 9.84 Å². The van der Waals surface area contributed by atoms with Crippen LogP contribution in [0.25, 0.3) is 0 Å². The lowest BCUT2D eigenvalue weighted by molar-refractivity contribution is -0.143. The van der Waals surface area contributed by atoms with Crippen molar-refractivity contribution in [2.24, 2.45) is 5.92 Å². The predicted octanol–water partition coefficient (Wildman–Crippen LogP) is 2.06. The van der Waals surface area contributed by atoms with E-state index in [1.807, 2.05) is 0 Å². The van der Waals surface area contributed by atoms with E-state index < -0.39 is 5.97 Å². The van der Waals surface area contributed by atoms with Gasteiger partial charge in [-0.2, -0.15) is 0 Å². The summed E-state index contributed by atoms with van der Waals surface area (Å²) in [6.45, 7) is 2.89. The van der Waals surface area contributed by atoms with Crippen molar-refractivity contribution in [2.45, 2.75) is 45.1 Å². The zero-order valence-corrected chi connectivity index (χ0v) is 8.16. The molecule has 0 amide bonds. The van der Waals surface area contributed by atoms with Gasteiger partial charge in [0.05, 0.1) is 12.0 Å². The van der Waals surface area contributed by atoms with Crippen LogP contribution in [0.4, 0.5) is 0 Å². The second-order valence-electron chi connectivity index (χ2n) is 3.68. The standard InChI is InChI=1S/C10H18O3/c1-2-7-13-9-5-3-8(4-6-9)10(11)12/h8-9H,2-7H2,1H3,(H,11,12). The first-order chi connectivity index (χ1) is 6.24. The molecule has 3 nitrogen and oxygen atoms in total. The highest BCUT2D eigenvalue weighted by Crippen LogP contribution is 2.26. The molecule has 13 heavy (non-hydrogen) atoms. The molecule has 0 aromatic heterocycles. The third-order valence-electron chi connectivity index (χ3n) is 2.58. The number of hydrogen-bond donors (Lipinski definition) is 1. The van der Waals surface area contributed by atoms with Crippen LogP contribution in [0, 0.1) is 5.92 Å². The Morgan fingerprint density at radius 2 is 2.00 bits per heavy atom. The van der Waals surface area contributed by atoms with E-state index in [-0.39, 0.29) is 5.92 Å². The zero-order valence-electron chi connectivity index (χ0n) is 8.16. The Bertz CT molecular complexity index is 160. The highest BCUT2D eigenvalue weighted by Gasteiger charge is 2.25. The van der Waals surface area contributed by atoms with E-state index in [1.165, 1.54) is 0 Å². The van der Waals surface area contributed by atoms with Gasteiger partial charge in [-0.25, -0.2) is 0 Å². The maximum atomic E-state index is 10.6. The fourth-order valence-corrected chi connectivity index (χ4v) is 1.76. The summed E-state index contributed by atoms with van der Waals surface area (Å²) in [5, 5.41) is 8.76. The molecule has 0 aliphatic heterocycles. The summed E-state index contributed by atoms with van der Waals surface area (Å²) in [6.07, 6.45) is 4.75. The minimum absolute atomic E-state index is 0.124. The minimum Gasteiger partial charge on any atom is -0.481 e. The molecule has 3 heteroatoms. The third kappa shape index (κ3) is 3.35. The highest BCUT2D eigenvalue weighted by atomic mass is 16.5. The van der Waals surface area contributed by atoms with Crippen molar-refractivity contribution in [1.29, 1.82) is 0 Å². The van der Waals surface area contributed by atoms with Gasteiger partial charge in [0.1, 0.15) is 0 Å². The van der Waals surface area contributed by atoms with Crippen LogP contribution in [-0.4, -0.2) is 23.8 Å². The minimum atomic E-state index is -0.644. The molecule has 1 aliphatic rings. The fourth-order valence-electron chi connectivity index (χ4n) is 1.76. The van der Waals surface area contributed by atoms with Gasteiger partial charge in [0.25, 0.3) is 0 Å². The van der Waals surface area contributed by atoms with Crippen LogP contribution in [0.5, 0.6) is 0 Å². The summed E-state index contributed by atoms with van der Waals surface area (Å²) in [4.78, 5) is 10.6. The van der Waals surface area contributed by atoms with Crippen LogP contribution in [0.2, 0.25) is 0 Å². The molecule has 1 rings (SSSR count). The molecule has 1 aliphatic carbocycles. The monoisotopic (exact) mass is 186 g/mol. The molecule has 0 saturated heterocycles. The molecule has 0 radical (unpaired) electrons. The topological polar surface area (TPSA) is 46.5 Å². The lowest BCUT2D eigenvalue weighted by Gasteiger charge is -2.25. The molecule has 0 bridgehead atoms. The van der Waals surface area contributed by atoms with Crippen molar-refractivity contribution in [3.05, 3.63) is 0 Å². The first-order valence-corrected chi connectivity index (χ1v) is 5.08. The Labute approximate surface area is 79.1 Å². The average molecular weight is 186 g/mol. The Morgan fingerprint density at radius 3 is 2.46 bits per heavy atom. The lowest BCUT2D eigenvalue weighted by Crippen LogP contribution is -2.26. The lowest BCUT2D eigenvalue weighted by atomic mass is 9.87. The van der Waals surface area contributed by atoms with E-state index in [9.17, 15) is 4.79 Å². The number of rotatable bonds is 4. The van der Waals surface area contributed by atoms with E-state index in [2.05, 4.69) is 6.92 Å². The van der Waals surface area contributed by atoms with Crippen molar-refractivity contribution in [3.8, 4) is 0 Å². The van der Waals surface area contributed by atoms with Crippen LogP contribution >= 0.6 is 0 Å². The number of carboxylic acid groups (broad SMARTS) is 1. The Balaban J connectivity index is 2.18. The number of carboxylic acids is 1. The van der Waals surface area contributed by atoms with Crippen molar-refractivity contribution >= 4 is 5.97 Å². The average Bonchev–Trinajstić information content (AvgIpc) is 2.15. The van der Waals surface area contributed by atoms with Gasteiger partial charge in [0, 0.05) is 6.61 Å². The number of hydrogen-bond acceptors (Lipinski definition) is 2. The molecule has 0 aromatic rings. The van der Waals surface area contributed by atoms with E-state index >= 15 is 0 Å². The predicted molar refractivity (Wildman–Crippen MR) is 49.6 cm³/mol. The van der Waals surface area contributed by atoms with Crippen molar-refractivity contribution in [3.63, 3.8) is 0 Å². The molecule has 0 atom stereocenters. The molecule has 0 unspecified atom stereocenters. The second-order valence-corrected chi connectivity index (χ2v) is 3.68. The SMILES string of the molecule is CCCOC1CCC(C(=O)O)CC1. The molecule has 76 valence electrons. The van der Waals surface area contributed by atoms with Crippen LogP contribution < -0.4 is 0 Å². The number of aliphatic carboxylic acids is 1. The van der Waals surface area contributed by atoms with Crippen molar-refractivity contribution in [1.82, 2.24) is 0 Å². The third-order valence-corrected chi connectivity index (χ3v) is 2.58. The van der Waals surface area contributed by atoms with Crippen LogP contribution in [-0.2, 0) is 9.53 Å². The fraction of sp³-hybridized carbons (Fsp3) is 0.900. The van der Waals surface area contributed by atoms with Crippen LogP contribution in [0.1, 0.15) is 39.0 Å². The molecule has 0 spiro atoms. The summed E-state index contributed by atoms with van der Waals surface area (Å²) in [5.41, 5.74) is 0. The summed E-state index contributed by atoms with van der Waals surface area (Å²) in [5.74, 6) is -0.768. The summed E-state index contributed by atoms with van der Waals surface area (Å²) in [7, 11) is 0. The van der Waals surface area contributed by atoms with Crippen molar-refractivity contribution in [2.75, 3.05) is 6.61 Å². The van der Waals surface area contributed by atoms with Gasteiger partial charge in [0.15, 0.2) is 0 Å². The van der Waals surface area contributed by atoms with Crippen LogP contribution in [0.3, 0.4) is 0 Å². The van der Waals surface area contributed by atoms with E-state index in [4.69, 9.17) is 9.84 Å². The summed E-state index contributed by atoms with van der Waals surface area (Å²) >= 11 is 0. The van der Waals surface area contributed by atoms with Gasteiger partial charge in [0.2, 0.25) is 0 Å². The summed E-state index contributed by atoms with van der Waals surface area (Å²) < 4.78 is 5.57. The molecule has 1 saturated carbocycles. The molecule has 0 aromatic carbocycles. The first kappa shape index (κ1) is 10.5. The van der Waals surface area contributed by atoms with E-state index in [0.717, 1.165) is 38.7 Å². The normalized spacial score (nSPS) is 28.7. The summed E-state index contributed by atoms with van der Waals surface area (Å²) in [6, 6.07) is 0. The van der Waals surface area contributed by atoms with E-state index in [1.54, 1.807) is 0 Å². The first-order valence-electron chi connectivity index (χ1n) is 5.08. The Hall–Kier alpha value is -0.570. The Morgan fingerprint density at radius 1 is 1.38 bits per heavy atom. The largest absolute Gasteiger partial charge is 0.481 e. The van der Waals surface area contributed by atoms with Gasteiger partial charge in [-0.15, -0.1) is 0 Å². The van der Waals surface area contributed by atoms with Gasteiger partial charge >= 0.3 is 5.97 Å². The molecular formula is C10H18O3. The molecule has 1 N–H and O–H groups in total. The maximum Gasteiger partial charge on any atom is 0.306 e. The quantitative estimate of drug-likeness (QED) is 0.731. The van der Waals surface area contributed by atoms with E-state index in [0.29, 0.717) is 6.10 Å². The highest BCUT2D eigenvalue weighted by molar-refractivity contribution is 5.69. The number of ether oxygens (including phenoxy) is 1. The van der Waals surface area contributed by atoms with Crippen LogP contribution in [0.15, 0.2) is 0 Å². The van der Waals surface area contributed by atoms with Gasteiger partial charge in [-0.3, -0.25) is 4.79 Å². The Kier molecular flexibility index (Phi) is 4.22. The molecule has 1 fully saturated rings. The molecule has 0 heterocycles. The zero-order chi connectivity index (χ0) is 9.68. The van der Waals surface area contributed by atoms with Crippen molar-refractivity contribution < 1.29 is 14.6 Å². The number of carbonyl (C=O) groups is 1. The smallest absolute Gasteiger partial charge is 0.306 e. The van der Waals surface area contributed by atoms with Gasteiger partial charge in [-0.1, -0.05) is 6.92 Å². The second kappa shape index (κ2) is 5.22. The molecular weight excluding hydrogens is 168 g/mol. The van der Waals surface area contributed by atoms with Gasteiger partial charge in [-0.05, 0) is 32.1 Å². The maximum absolute atomic E-state index is 10.6.